The van der Waals surface area contributed by atoms with E-state index in [1.54, 1.807) is 4.52 Å². The fraction of sp³-hybridized carbons (Fsp3) is 0.500. The normalized spacial score (nSPS) is 27.9. The van der Waals surface area contributed by atoms with E-state index in [0.29, 0.717) is 17.6 Å². The molecule has 1 aromatic carbocycles. The van der Waals surface area contributed by atoms with Crippen molar-refractivity contribution in [1.82, 2.24) is 24.5 Å². The second-order valence-electron chi connectivity index (χ2n) is 8.38. The van der Waals surface area contributed by atoms with Gasteiger partial charge in [0.25, 0.3) is 5.78 Å². The number of aromatic nitrogens is 4. The minimum absolute atomic E-state index is 0.344. The molecule has 0 spiro atoms. The van der Waals surface area contributed by atoms with Gasteiger partial charge in [-0.15, -0.1) is 0 Å². The molecular weight excluding hydrogens is 350 g/mol. The Kier molecular flexibility index (Phi) is 4.61. The number of likely N-dealkylation sites (tertiary alicyclic amines) is 1. The van der Waals surface area contributed by atoms with Gasteiger partial charge in [-0.05, 0) is 55.7 Å². The van der Waals surface area contributed by atoms with Crippen molar-refractivity contribution in [3.8, 4) is 0 Å². The van der Waals surface area contributed by atoms with Crippen LogP contribution in [-0.4, -0.2) is 49.2 Å². The summed E-state index contributed by atoms with van der Waals surface area (Å²) in [5, 5.41) is 15.7. The molecule has 6 nitrogen and oxygen atoms in total. The molecular formula is C22H27N5O. The van der Waals surface area contributed by atoms with Crippen LogP contribution in [0.5, 0.6) is 0 Å². The minimum atomic E-state index is -0.666. The van der Waals surface area contributed by atoms with Gasteiger partial charge >= 0.3 is 0 Å². The minimum Gasteiger partial charge on any atom is -0.385 e. The Labute approximate surface area is 165 Å². The molecule has 0 amide bonds. The first-order valence-electron chi connectivity index (χ1n) is 10.4. The van der Waals surface area contributed by atoms with Crippen LogP contribution in [0.3, 0.4) is 0 Å². The molecule has 28 heavy (non-hydrogen) atoms. The summed E-state index contributed by atoms with van der Waals surface area (Å²) in [6.45, 7) is 3.17. The lowest BCUT2D eigenvalue weighted by atomic mass is 9.67. The van der Waals surface area contributed by atoms with Crippen LogP contribution < -0.4 is 0 Å². The van der Waals surface area contributed by atoms with Crippen molar-refractivity contribution in [1.29, 1.82) is 0 Å². The summed E-state index contributed by atoms with van der Waals surface area (Å²) in [5.41, 5.74) is 1.62. The highest BCUT2D eigenvalue weighted by molar-refractivity contribution is 5.26. The quantitative estimate of drug-likeness (QED) is 0.740. The number of aliphatic hydroxyl groups is 1. The van der Waals surface area contributed by atoms with E-state index >= 15 is 0 Å². The fourth-order valence-electron chi connectivity index (χ4n) is 5.28. The van der Waals surface area contributed by atoms with Crippen molar-refractivity contribution in [3.63, 3.8) is 0 Å². The van der Waals surface area contributed by atoms with Crippen LogP contribution in [0.15, 0.2) is 49.1 Å². The molecule has 1 aliphatic heterocycles. The summed E-state index contributed by atoms with van der Waals surface area (Å²) in [6, 6.07) is 10.3. The van der Waals surface area contributed by atoms with Gasteiger partial charge in [0, 0.05) is 31.4 Å². The highest BCUT2D eigenvalue weighted by Gasteiger charge is 2.49. The SMILES string of the molecule is O[C@@]1(c2ccccc2)CCC[C@H]2CN(CCCc3cnc4ncnn4c3)C[C@H]21. The van der Waals surface area contributed by atoms with Gasteiger partial charge in [-0.1, -0.05) is 30.3 Å². The molecule has 2 fully saturated rings. The van der Waals surface area contributed by atoms with Crippen LogP contribution in [0.1, 0.15) is 36.8 Å². The molecule has 1 aliphatic carbocycles. The molecule has 2 aliphatic rings. The number of fused-ring (bicyclic) bond motifs is 2. The number of benzene rings is 1. The van der Waals surface area contributed by atoms with Gasteiger partial charge in [-0.25, -0.2) is 9.50 Å². The molecule has 6 heteroatoms. The van der Waals surface area contributed by atoms with Gasteiger partial charge < -0.3 is 10.0 Å². The number of hydrogen-bond acceptors (Lipinski definition) is 5. The van der Waals surface area contributed by atoms with E-state index in [-0.39, 0.29) is 0 Å². The Morgan fingerprint density at radius 1 is 1.14 bits per heavy atom. The number of rotatable bonds is 5. The third kappa shape index (κ3) is 3.20. The van der Waals surface area contributed by atoms with E-state index in [1.165, 1.54) is 18.3 Å². The maximum Gasteiger partial charge on any atom is 0.252 e. The Hall–Kier alpha value is -2.31. The first kappa shape index (κ1) is 17.8. The third-order valence-electron chi connectivity index (χ3n) is 6.66. The predicted octanol–water partition coefficient (Wildman–Crippen LogP) is 2.68. The summed E-state index contributed by atoms with van der Waals surface area (Å²) in [7, 11) is 0. The molecule has 5 rings (SSSR count). The molecule has 1 saturated carbocycles. The lowest BCUT2D eigenvalue weighted by Gasteiger charge is -2.41. The van der Waals surface area contributed by atoms with Crippen LogP contribution in [0.4, 0.5) is 0 Å². The molecule has 0 unspecified atom stereocenters. The van der Waals surface area contributed by atoms with Gasteiger partial charge in [0.1, 0.15) is 6.33 Å². The molecule has 146 valence electrons. The average Bonchev–Trinajstić information content (AvgIpc) is 3.36. The van der Waals surface area contributed by atoms with Crippen molar-refractivity contribution in [3.05, 3.63) is 60.2 Å². The van der Waals surface area contributed by atoms with Gasteiger partial charge in [-0.2, -0.15) is 10.1 Å². The van der Waals surface area contributed by atoms with Crippen LogP contribution in [0.2, 0.25) is 0 Å². The Morgan fingerprint density at radius 2 is 2.04 bits per heavy atom. The second-order valence-corrected chi connectivity index (χ2v) is 8.38. The zero-order valence-electron chi connectivity index (χ0n) is 16.1. The number of aryl methyl sites for hydroxylation is 1. The van der Waals surface area contributed by atoms with Crippen LogP contribution in [-0.2, 0) is 12.0 Å². The molecule has 1 saturated heterocycles. The van der Waals surface area contributed by atoms with Gasteiger partial charge in [0.2, 0.25) is 0 Å². The van der Waals surface area contributed by atoms with Crippen molar-refractivity contribution in [2.24, 2.45) is 11.8 Å². The van der Waals surface area contributed by atoms with Gasteiger partial charge in [0.15, 0.2) is 0 Å². The summed E-state index contributed by atoms with van der Waals surface area (Å²) >= 11 is 0. The summed E-state index contributed by atoms with van der Waals surface area (Å²) < 4.78 is 1.74. The maximum absolute atomic E-state index is 11.6. The third-order valence-corrected chi connectivity index (χ3v) is 6.66. The Bertz CT molecular complexity index is 942. The van der Waals surface area contributed by atoms with Crippen molar-refractivity contribution < 1.29 is 5.11 Å². The second kappa shape index (κ2) is 7.26. The van der Waals surface area contributed by atoms with E-state index in [4.69, 9.17) is 0 Å². The van der Waals surface area contributed by atoms with Crippen LogP contribution in [0, 0.1) is 11.8 Å². The summed E-state index contributed by atoms with van der Waals surface area (Å²) in [6.07, 6.45) is 10.8. The number of hydrogen-bond donors (Lipinski definition) is 1. The first-order chi connectivity index (χ1) is 13.7. The fourth-order valence-corrected chi connectivity index (χ4v) is 5.28. The maximum atomic E-state index is 11.6. The zero-order chi connectivity index (χ0) is 19.0. The topological polar surface area (TPSA) is 66.5 Å². The van der Waals surface area contributed by atoms with Gasteiger partial charge in [0.05, 0.1) is 5.60 Å². The van der Waals surface area contributed by atoms with E-state index in [1.807, 2.05) is 30.6 Å². The standard InChI is InChI=1S/C22H27N5O/c28-22(19-8-2-1-3-9-19)10-4-7-18-14-26(15-20(18)22)11-5-6-17-12-23-21-24-16-25-27(21)13-17/h1-3,8-9,12-13,16,18,20,28H,4-7,10-11,14-15H2/t18-,20+,22+/m0/s1. The molecule has 0 bridgehead atoms. The summed E-state index contributed by atoms with van der Waals surface area (Å²) in [5.74, 6) is 1.59. The van der Waals surface area contributed by atoms with Gasteiger partial charge in [-0.3, -0.25) is 0 Å². The Morgan fingerprint density at radius 3 is 2.93 bits per heavy atom. The molecule has 2 aromatic heterocycles. The van der Waals surface area contributed by atoms with Crippen molar-refractivity contribution >= 4 is 5.78 Å². The van der Waals surface area contributed by atoms with Crippen molar-refractivity contribution in [2.75, 3.05) is 19.6 Å². The first-order valence-corrected chi connectivity index (χ1v) is 10.4. The smallest absolute Gasteiger partial charge is 0.252 e. The van der Waals surface area contributed by atoms with Crippen molar-refractivity contribution in [2.45, 2.75) is 37.7 Å². The van der Waals surface area contributed by atoms with Crippen LogP contribution in [0.25, 0.3) is 5.78 Å². The molecule has 3 aromatic rings. The highest BCUT2D eigenvalue weighted by Crippen LogP contribution is 2.48. The van der Waals surface area contributed by atoms with Crippen LogP contribution >= 0.6 is 0 Å². The Balaban J connectivity index is 1.22. The number of nitrogens with zero attached hydrogens (tertiary/aromatic N) is 5. The average molecular weight is 377 g/mol. The monoisotopic (exact) mass is 377 g/mol. The predicted molar refractivity (Wildman–Crippen MR) is 107 cm³/mol. The molecule has 3 atom stereocenters. The van der Waals surface area contributed by atoms with E-state index in [0.717, 1.165) is 50.9 Å². The lowest BCUT2D eigenvalue weighted by molar-refractivity contribution is -0.0647. The van der Waals surface area contributed by atoms with E-state index in [2.05, 4.69) is 32.1 Å². The van der Waals surface area contributed by atoms with E-state index < -0.39 is 5.60 Å². The zero-order valence-corrected chi connectivity index (χ0v) is 16.1. The molecule has 0 radical (unpaired) electrons. The summed E-state index contributed by atoms with van der Waals surface area (Å²) in [4.78, 5) is 11.0. The van der Waals surface area contributed by atoms with E-state index in [9.17, 15) is 5.11 Å². The highest BCUT2D eigenvalue weighted by atomic mass is 16.3. The largest absolute Gasteiger partial charge is 0.385 e. The molecule has 3 heterocycles. The molecule has 1 N–H and O–H groups in total. The lowest BCUT2D eigenvalue weighted by Crippen LogP contribution is -2.42.